The fourth-order valence-electron chi connectivity index (χ4n) is 2.55. The molecule has 1 amide bonds. The minimum atomic E-state index is -1.03. The Morgan fingerprint density at radius 1 is 1.46 bits per heavy atom. The fraction of sp³-hybridized carbons (Fsp3) is 0.471. The monoisotopic (exact) mass is 351 g/mol. The lowest BCUT2D eigenvalue weighted by Crippen LogP contribution is -2.38. The van der Waals surface area contributed by atoms with Gasteiger partial charge in [-0.3, -0.25) is 4.79 Å². The van der Waals surface area contributed by atoms with Crippen LogP contribution in [0, 0.1) is 5.92 Å². The fourth-order valence-corrected chi connectivity index (χ4v) is 2.79. The van der Waals surface area contributed by atoms with Crippen molar-refractivity contribution in [3.63, 3.8) is 0 Å². The van der Waals surface area contributed by atoms with E-state index in [9.17, 15) is 9.59 Å². The van der Waals surface area contributed by atoms with E-state index in [1.165, 1.54) is 12.3 Å². The maximum absolute atomic E-state index is 12.2. The van der Waals surface area contributed by atoms with Gasteiger partial charge in [0.25, 0.3) is 0 Å². The zero-order chi connectivity index (χ0) is 17.5. The van der Waals surface area contributed by atoms with E-state index < -0.39 is 5.97 Å². The number of amides is 1. The zero-order valence-corrected chi connectivity index (χ0v) is 14.4. The number of halogens is 1. The highest BCUT2D eigenvalue weighted by Crippen LogP contribution is 2.21. The number of hydrogen-bond acceptors (Lipinski definition) is 4. The van der Waals surface area contributed by atoms with Crippen molar-refractivity contribution in [2.24, 2.45) is 5.92 Å². The molecular formula is C17H22ClN3O3. The Balaban J connectivity index is 1.81. The van der Waals surface area contributed by atoms with E-state index in [-0.39, 0.29) is 5.91 Å². The average molecular weight is 352 g/mol. The Morgan fingerprint density at radius 2 is 2.17 bits per heavy atom. The summed E-state index contributed by atoms with van der Waals surface area (Å²) in [5.74, 6) is 0.304. The number of hydrogen-bond donors (Lipinski definition) is 2. The summed E-state index contributed by atoms with van der Waals surface area (Å²) in [4.78, 5) is 28.7. The van der Waals surface area contributed by atoms with Crippen LogP contribution in [0.4, 0.5) is 5.82 Å². The second-order valence-corrected chi connectivity index (χ2v) is 6.42. The van der Waals surface area contributed by atoms with Crippen molar-refractivity contribution in [1.29, 1.82) is 0 Å². The number of carboxylic acids is 1. The molecule has 0 aliphatic carbocycles. The van der Waals surface area contributed by atoms with E-state index in [2.05, 4.69) is 17.2 Å². The van der Waals surface area contributed by atoms with Gasteiger partial charge in [-0.15, -0.1) is 0 Å². The van der Waals surface area contributed by atoms with Crippen LogP contribution < -0.4 is 5.32 Å². The van der Waals surface area contributed by atoms with Crippen LogP contribution in [0.25, 0.3) is 6.08 Å². The SMILES string of the molecule is CC1CCN(C(=O)CCNc2ncc(C=CC(=O)O)cc2Cl)CC1. The van der Waals surface area contributed by atoms with Crippen LogP contribution in [0.3, 0.4) is 0 Å². The molecule has 1 fully saturated rings. The summed E-state index contributed by atoms with van der Waals surface area (Å²) < 4.78 is 0. The Hall–Kier alpha value is -2.08. The number of rotatable bonds is 6. The molecule has 6 nitrogen and oxygen atoms in total. The first kappa shape index (κ1) is 18.3. The van der Waals surface area contributed by atoms with Crippen molar-refractivity contribution in [2.75, 3.05) is 25.0 Å². The molecule has 2 N–H and O–H groups in total. The van der Waals surface area contributed by atoms with Crippen LogP contribution in [-0.2, 0) is 9.59 Å². The van der Waals surface area contributed by atoms with Gasteiger partial charge in [0.05, 0.1) is 5.02 Å². The van der Waals surface area contributed by atoms with Gasteiger partial charge in [-0.25, -0.2) is 9.78 Å². The zero-order valence-electron chi connectivity index (χ0n) is 13.7. The third-order valence-electron chi connectivity index (χ3n) is 4.05. The molecule has 130 valence electrons. The molecule has 1 aromatic heterocycles. The molecule has 1 aliphatic rings. The van der Waals surface area contributed by atoms with E-state index in [4.69, 9.17) is 16.7 Å². The largest absolute Gasteiger partial charge is 0.478 e. The van der Waals surface area contributed by atoms with Crippen LogP contribution in [-0.4, -0.2) is 46.5 Å². The van der Waals surface area contributed by atoms with E-state index in [1.54, 1.807) is 6.07 Å². The van der Waals surface area contributed by atoms with E-state index >= 15 is 0 Å². The maximum atomic E-state index is 12.2. The molecule has 1 aliphatic heterocycles. The topological polar surface area (TPSA) is 82.5 Å². The van der Waals surface area contributed by atoms with Crippen LogP contribution >= 0.6 is 11.6 Å². The number of aliphatic carboxylic acids is 1. The van der Waals surface area contributed by atoms with Crippen molar-refractivity contribution in [3.8, 4) is 0 Å². The molecular weight excluding hydrogens is 330 g/mol. The van der Waals surface area contributed by atoms with Crippen molar-refractivity contribution in [3.05, 3.63) is 28.9 Å². The smallest absolute Gasteiger partial charge is 0.328 e. The van der Waals surface area contributed by atoms with Crippen molar-refractivity contribution in [2.45, 2.75) is 26.2 Å². The Labute approximate surface area is 146 Å². The van der Waals surface area contributed by atoms with Gasteiger partial charge in [-0.2, -0.15) is 0 Å². The minimum Gasteiger partial charge on any atom is -0.478 e. The number of likely N-dealkylation sites (tertiary alicyclic amines) is 1. The molecule has 0 unspecified atom stereocenters. The number of piperidine rings is 1. The van der Waals surface area contributed by atoms with Gasteiger partial charge < -0.3 is 15.3 Å². The van der Waals surface area contributed by atoms with Crippen molar-refractivity contribution < 1.29 is 14.7 Å². The summed E-state index contributed by atoms with van der Waals surface area (Å²) in [5.41, 5.74) is 0.603. The molecule has 7 heteroatoms. The van der Waals surface area contributed by atoms with Crippen LogP contribution in [0.2, 0.25) is 5.02 Å². The summed E-state index contributed by atoms with van der Waals surface area (Å²) >= 11 is 6.12. The van der Waals surface area contributed by atoms with Gasteiger partial charge in [0.1, 0.15) is 5.82 Å². The summed E-state index contributed by atoms with van der Waals surface area (Å²) in [5, 5.41) is 12.0. The Morgan fingerprint density at radius 3 is 2.79 bits per heavy atom. The molecule has 1 saturated heterocycles. The van der Waals surface area contributed by atoms with Crippen LogP contribution in [0.15, 0.2) is 18.3 Å². The number of anilines is 1. The molecule has 0 spiro atoms. The summed E-state index contributed by atoms with van der Waals surface area (Å²) in [6.07, 6.45) is 6.51. The van der Waals surface area contributed by atoms with Crippen molar-refractivity contribution in [1.82, 2.24) is 9.88 Å². The number of nitrogens with zero attached hydrogens (tertiary/aromatic N) is 2. The van der Waals surface area contributed by atoms with Gasteiger partial charge in [-0.05, 0) is 36.5 Å². The predicted octanol–water partition coefficient (Wildman–Crippen LogP) is 2.89. The lowest BCUT2D eigenvalue weighted by Gasteiger charge is -2.30. The highest BCUT2D eigenvalue weighted by molar-refractivity contribution is 6.33. The molecule has 0 aromatic carbocycles. The first-order chi connectivity index (χ1) is 11.5. The summed E-state index contributed by atoms with van der Waals surface area (Å²) in [6.45, 7) is 4.35. The first-order valence-corrected chi connectivity index (χ1v) is 8.41. The molecule has 0 saturated carbocycles. The highest BCUT2D eigenvalue weighted by Gasteiger charge is 2.19. The Kier molecular flexibility index (Phi) is 6.61. The van der Waals surface area contributed by atoms with Crippen LogP contribution in [0.1, 0.15) is 31.7 Å². The summed E-state index contributed by atoms with van der Waals surface area (Å²) in [7, 11) is 0. The number of nitrogens with one attached hydrogen (secondary N) is 1. The van der Waals surface area contributed by atoms with E-state index in [1.807, 2.05) is 4.90 Å². The van der Waals surface area contributed by atoms with Gasteiger partial charge in [0.15, 0.2) is 0 Å². The third kappa shape index (κ3) is 5.53. The third-order valence-corrected chi connectivity index (χ3v) is 4.34. The lowest BCUT2D eigenvalue weighted by atomic mass is 9.99. The second kappa shape index (κ2) is 8.68. The van der Waals surface area contributed by atoms with Crippen molar-refractivity contribution >= 4 is 35.4 Å². The highest BCUT2D eigenvalue weighted by atomic mass is 35.5. The number of pyridine rings is 1. The molecule has 2 rings (SSSR count). The quantitative estimate of drug-likeness (QED) is 0.770. The number of carboxylic acid groups (broad SMARTS) is 1. The predicted molar refractivity (Wildman–Crippen MR) is 94.0 cm³/mol. The number of aromatic nitrogens is 1. The molecule has 0 atom stereocenters. The molecule has 0 bridgehead atoms. The maximum Gasteiger partial charge on any atom is 0.328 e. The van der Waals surface area contributed by atoms with Gasteiger partial charge in [-0.1, -0.05) is 18.5 Å². The lowest BCUT2D eigenvalue weighted by molar-refractivity contribution is -0.132. The van der Waals surface area contributed by atoms with Crippen LogP contribution in [0.5, 0.6) is 0 Å². The normalized spacial score (nSPS) is 15.7. The average Bonchev–Trinajstić information content (AvgIpc) is 2.55. The first-order valence-electron chi connectivity index (χ1n) is 8.04. The Bertz CT molecular complexity index is 626. The molecule has 2 heterocycles. The van der Waals surface area contributed by atoms with Gasteiger partial charge in [0, 0.05) is 38.3 Å². The second-order valence-electron chi connectivity index (χ2n) is 6.01. The van der Waals surface area contributed by atoms with Gasteiger partial charge in [0.2, 0.25) is 5.91 Å². The summed E-state index contributed by atoms with van der Waals surface area (Å²) in [6, 6.07) is 1.63. The van der Waals surface area contributed by atoms with E-state index in [0.29, 0.717) is 35.3 Å². The number of carbonyl (C=O) groups excluding carboxylic acids is 1. The standard InChI is InChI=1S/C17H22ClN3O3/c1-12-5-8-21(9-6-12)15(22)4-7-19-17-14(18)10-13(11-20-17)2-3-16(23)24/h2-3,10-12H,4-9H2,1H3,(H,19,20)(H,23,24). The molecule has 24 heavy (non-hydrogen) atoms. The number of carbonyl (C=O) groups is 2. The van der Waals surface area contributed by atoms with Gasteiger partial charge >= 0.3 is 5.97 Å². The molecule has 0 radical (unpaired) electrons. The minimum absolute atomic E-state index is 0.145. The molecule has 1 aromatic rings. The van der Waals surface area contributed by atoms with E-state index in [0.717, 1.165) is 32.0 Å².